The molecule has 2 atom stereocenters. The van der Waals surface area contributed by atoms with E-state index >= 15 is 0 Å². The van der Waals surface area contributed by atoms with Gasteiger partial charge in [0.1, 0.15) is 6.10 Å². The maximum atomic E-state index is 14.6. The van der Waals surface area contributed by atoms with Crippen LogP contribution in [0.5, 0.6) is 0 Å². The molecule has 3 aliphatic heterocycles. The predicted molar refractivity (Wildman–Crippen MR) is 99.1 cm³/mol. The smallest absolute Gasteiger partial charge is 0.414 e. The molecule has 1 aromatic rings. The van der Waals surface area contributed by atoms with Gasteiger partial charge in [-0.15, -0.1) is 0 Å². The summed E-state index contributed by atoms with van der Waals surface area (Å²) in [5.41, 5.74) is 1.58. The van der Waals surface area contributed by atoms with Crippen LogP contribution in [0.4, 0.5) is 20.6 Å². The summed E-state index contributed by atoms with van der Waals surface area (Å²) in [6, 6.07) is 7.37. The molecule has 2 unspecified atom stereocenters. The third-order valence-electron chi connectivity index (χ3n) is 5.34. The second-order valence-electron chi connectivity index (χ2n) is 7.24. The lowest BCUT2D eigenvalue weighted by Gasteiger charge is -2.41. The van der Waals surface area contributed by atoms with Gasteiger partial charge in [0, 0.05) is 31.3 Å². The van der Waals surface area contributed by atoms with Crippen molar-refractivity contribution in [2.45, 2.75) is 31.4 Å². The highest BCUT2D eigenvalue weighted by Gasteiger charge is 2.48. The monoisotopic (exact) mass is 393 g/mol. The third-order valence-corrected chi connectivity index (χ3v) is 5.34. The van der Waals surface area contributed by atoms with Crippen molar-refractivity contribution in [2.24, 2.45) is 0 Å². The molecular formula is C19H24FN3O5. The van der Waals surface area contributed by atoms with Gasteiger partial charge in [-0.3, -0.25) is 9.69 Å². The Labute approximate surface area is 162 Å². The summed E-state index contributed by atoms with van der Waals surface area (Å²) >= 11 is 0. The number of hydrogen-bond acceptors (Lipinski definition) is 6. The first kappa shape index (κ1) is 18.9. The Morgan fingerprint density at radius 1 is 1.21 bits per heavy atom. The Morgan fingerprint density at radius 2 is 1.89 bits per heavy atom. The molecule has 0 aromatic heterocycles. The zero-order valence-electron chi connectivity index (χ0n) is 15.7. The van der Waals surface area contributed by atoms with Gasteiger partial charge in [0.25, 0.3) is 0 Å². The number of nitrogens with one attached hydrogen (secondary N) is 1. The van der Waals surface area contributed by atoms with Crippen molar-refractivity contribution in [1.82, 2.24) is 5.32 Å². The number of cyclic esters (lactones) is 1. The summed E-state index contributed by atoms with van der Waals surface area (Å²) in [6.07, 6.45) is -1.57. The van der Waals surface area contributed by atoms with E-state index in [0.29, 0.717) is 38.4 Å². The number of nitrogens with zero attached hydrogens (tertiary/aromatic N) is 2. The predicted octanol–water partition coefficient (Wildman–Crippen LogP) is 1.44. The molecule has 3 aliphatic rings. The molecule has 152 valence electrons. The number of benzene rings is 1. The van der Waals surface area contributed by atoms with Gasteiger partial charge in [0.05, 0.1) is 32.8 Å². The molecule has 3 fully saturated rings. The van der Waals surface area contributed by atoms with Gasteiger partial charge in [0.15, 0.2) is 6.17 Å². The van der Waals surface area contributed by atoms with E-state index in [2.05, 4.69) is 5.32 Å². The molecule has 8 nitrogen and oxygen atoms in total. The maximum absolute atomic E-state index is 14.6. The highest BCUT2D eigenvalue weighted by atomic mass is 19.1. The van der Waals surface area contributed by atoms with Crippen LogP contribution in [0.2, 0.25) is 0 Å². The van der Waals surface area contributed by atoms with E-state index in [1.807, 2.05) is 29.2 Å². The largest absolute Gasteiger partial charge is 0.442 e. The fourth-order valence-electron chi connectivity index (χ4n) is 3.84. The third kappa shape index (κ3) is 3.64. The van der Waals surface area contributed by atoms with E-state index in [1.54, 1.807) is 0 Å². The van der Waals surface area contributed by atoms with Crippen molar-refractivity contribution in [3.05, 3.63) is 24.3 Å². The summed E-state index contributed by atoms with van der Waals surface area (Å²) < 4.78 is 30.9. The molecule has 0 radical (unpaired) electrons. The number of rotatable bonds is 4. The van der Waals surface area contributed by atoms with Gasteiger partial charge in [0.2, 0.25) is 11.7 Å². The van der Waals surface area contributed by atoms with Gasteiger partial charge in [-0.05, 0) is 24.3 Å². The van der Waals surface area contributed by atoms with E-state index in [-0.39, 0.29) is 25.1 Å². The fourth-order valence-corrected chi connectivity index (χ4v) is 3.84. The Hall–Kier alpha value is -2.39. The van der Waals surface area contributed by atoms with E-state index in [4.69, 9.17) is 14.2 Å². The Bertz CT molecular complexity index is 738. The lowest BCUT2D eigenvalue weighted by Crippen LogP contribution is -2.54. The first-order valence-electron chi connectivity index (χ1n) is 9.46. The van der Waals surface area contributed by atoms with Gasteiger partial charge in [-0.2, -0.15) is 0 Å². The lowest BCUT2D eigenvalue weighted by molar-refractivity contribution is -0.207. The van der Waals surface area contributed by atoms with Crippen molar-refractivity contribution in [3.8, 4) is 0 Å². The molecule has 3 saturated heterocycles. The van der Waals surface area contributed by atoms with Crippen LogP contribution in [0.25, 0.3) is 0 Å². The molecule has 0 aliphatic carbocycles. The van der Waals surface area contributed by atoms with Gasteiger partial charge < -0.3 is 24.4 Å². The van der Waals surface area contributed by atoms with Crippen molar-refractivity contribution in [2.75, 3.05) is 49.2 Å². The molecular weight excluding hydrogens is 369 g/mol. The summed E-state index contributed by atoms with van der Waals surface area (Å²) in [4.78, 5) is 26.6. The van der Waals surface area contributed by atoms with Crippen LogP contribution in [-0.4, -0.2) is 69.5 Å². The first-order valence-corrected chi connectivity index (χ1v) is 9.46. The Kier molecular flexibility index (Phi) is 5.11. The molecule has 28 heavy (non-hydrogen) atoms. The first-order chi connectivity index (χ1) is 13.5. The number of piperidine rings is 1. The molecule has 1 spiro atoms. The van der Waals surface area contributed by atoms with E-state index in [9.17, 15) is 14.0 Å². The maximum Gasteiger partial charge on any atom is 0.414 e. The molecule has 3 heterocycles. The number of hydrogen-bond donors (Lipinski definition) is 1. The number of carbonyl (C=O) groups excluding carboxylic acids is 2. The number of halogens is 1. The number of amides is 2. The Morgan fingerprint density at radius 3 is 2.54 bits per heavy atom. The number of carbonyl (C=O) groups is 2. The topological polar surface area (TPSA) is 80.3 Å². The molecule has 1 N–H and O–H groups in total. The van der Waals surface area contributed by atoms with E-state index < -0.39 is 18.1 Å². The zero-order valence-corrected chi connectivity index (χ0v) is 15.7. The van der Waals surface area contributed by atoms with Crippen LogP contribution >= 0.6 is 0 Å². The Balaban J connectivity index is 1.38. The van der Waals surface area contributed by atoms with Crippen LogP contribution in [0, 0.1) is 0 Å². The summed E-state index contributed by atoms with van der Waals surface area (Å²) in [7, 11) is 0. The van der Waals surface area contributed by atoms with Gasteiger partial charge in [-0.25, -0.2) is 9.18 Å². The van der Waals surface area contributed by atoms with Crippen LogP contribution in [0.1, 0.15) is 13.3 Å². The number of anilines is 2. The molecule has 9 heteroatoms. The van der Waals surface area contributed by atoms with E-state index in [1.165, 1.54) is 11.8 Å². The minimum absolute atomic E-state index is 0.165. The minimum atomic E-state index is -1.22. The average molecular weight is 393 g/mol. The van der Waals surface area contributed by atoms with Gasteiger partial charge in [-0.1, -0.05) is 0 Å². The second-order valence-corrected chi connectivity index (χ2v) is 7.24. The quantitative estimate of drug-likeness (QED) is 0.834. The van der Waals surface area contributed by atoms with Crippen molar-refractivity contribution in [3.63, 3.8) is 0 Å². The van der Waals surface area contributed by atoms with Crippen LogP contribution < -0.4 is 15.1 Å². The average Bonchev–Trinajstić information content (AvgIpc) is 3.30. The highest BCUT2D eigenvalue weighted by molar-refractivity contribution is 5.90. The van der Waals surface area contributed by atoms with Crippen molar-refractivity contribution >= 4 is 23.4 Å². The lowest BCUT2D eigenvalue weighted by atomic mass is 10.0. The van der Waals surface area contributed by atoms with Gasteiger partial charge >= 0.3 is 6.09 Å². The molecule has 0 saturated carbocycles. The molecule has 2 amide bonds. The number of alkyl halides is 1. The fraction of sp³-hybridized carbons (Fsp3) is 0.579. The minimum Gasteiger partial charge on any atom is -0.442 e. The second kappa shape index (κ2) is 7.56. The molecule has 1 aromatic carbocycles. The summed E-state index contributed by atoms with van der Waals surface area (Å²) in [6.45, 7) is 3.77. The van der Waals surface area contributed by atoms with Crippen molar-refractivity contribution < 1.29 is 28.2 Å². The molecule has 4 rings (SSSR count). The van der Waals surface area contributed by atoms with Crippen LogP contribution in [0.3, 0.4) is 0 Å². The number of ether oxygens (including phenoxy) is 3. The highest BCUT2D eigenvalue weighted by Crippen LogP contribution is 2.36. The van der Waals surface area contributed by atoms with E-state index in [0.717, 1.165) is 5.69 Å². The van der Waals surface area contributed by atoms with Crippen LogP contribution in [-0.2, 0) is 19.0 Å². The zero-order chi connectivity index (χ0) is 19.7. The van der Waals surface area contributed by atoms with Crippen LogP contribution in [0.15, 0.2) is 24.3 Å². The SMILES string of the molecule is CC(=O)NCC1CN(c2ccc(N3CCC4(OCCO4)C(F)C3)cc2)C(=O)O1. The normalized spacial score (nSPS) is 26.6. The summed E-state index contributed by atoms with van der Waals surface area (Å²) in [5, 5.41) is 2.65. The van der Waals surface area contributed by atoms with Crippen molar-refractivity contribution in [1.29, 1.82) is 0 Å². The summed E-state index contributed by atoms with van der Waals surface area (Å²) in [5.74, 6) is -1.25. The molecule has 0 bridgehead atoms. The standard InChI is InChI=1S/C19H24FN3O5/c1-13(24)21-10-16-11-23(18(25)28-16)15-4-2-14(3-5-15)22-7-6-19(17(20)12-22)26-8-9-27-19/h2-5,16-17H,6-12H2,1H3,(H,21,24).